The number of hydrogen-bond acceptors (Lipinski definition) is 5. The molecule has 0 atom stereocenters. The van der Waals surface area contributed by atoms with E-state index in [9.17, 15) is 4.79 Å². The summed E-state index contributed by atoms with van der Waals surface area (Å²) in [7, 11) is 0. The smallest absolute Gasteiger partial charge is 0.323 e. The number of anilines is 2. The van der Waals surface area contributed by atoms with Gasteiger partial charge in [0.15, 0.2) is 5.82 Å². The normalized spacial score (nSPS) is 10.5. The maximum Gasteiger partial charge on any atom is 0.323 e. The minimum Gasteiger partial charge on any atom is -0.438 e. The minimum atomic E-state index is -0.371. The Balaban J connectivity index is 1.35. The molecule has 0 aliphatic rings. The lowest BCUT2D eigenvalue weighted by Crippen LogP contribution is -2.19. The van der Waals surface area contributed by atoms with Gasteiger partial charge in [-0.05, 0) is 61.9 Å². The Morgan fingerprint density at radius 2 is 1.71 bits per heavy atom. The summed E-state index contributed by atoms with van der Waals surface area (Å²) in [6.45, 7) is 3.79. The van der Waals surface area contributed by atoms with Crippen LogP contribution >= 0.6 is 11.6 Å². The molecular weight excluding hydrogens is 416 g/mol. The Hall–Kier alpha value is -3.91. The van der Waals surface area contributed by atoms with Gasteiger partial charge in [0.1, 0.15) is 11.6 Å². The fourth-order valence-corrected chi connectivity index (χ4v) is 2.99. The van der Waals surface area contributed by atoms with Crippen molar-refractivity contribution in [1.82, 2.24) is 19.7 Å². The molecule has 0 saturated carbocycles. The summed E-state index contributed by atoms with van der Waals surface area (Å²) in [6, 6.07) is 15.4. The molecule has 31 heavy (non-hydrogen) atoms. The number of urea groups is 1. The average Bonchev–Trinajstić information content (AvgIpc) is 3.18. The molecule has 0 bridgehead atoms. The van der Waals surface area contributed by atoms with Crippen molar-refractivity contribution in [2.75, 3.05) is 10.6 Å². The number of carbonyl (C=O) groups is 1. The van der Waals surface area contributed by atoms with Crippen LogP contribution in [0.3, 0.4) is 0 Å². The monoisotopic (exact) mass is 434 g/mol. The predicted molar refractivity (Wildman–Crippen MR) is 119 cm³/mol. The number of rotatable bonds is 5. The number of amides is 2. The van der Waals surface area contributed by atoms with E-state index in [1.165, 1.54) is 0 Å². The van der Waals surface area contributed by atoms with Crippen molar-refractivity contribution >= 4 is 29.0 Å². The van der Waals surface area contributed by atoms with Crippen molar-refractivity contribution in [3.63, 3.8) is 0 Å². The molecule has 0 aliphatic heterocycles. The van der Waals surface area contributed by atoms with Gasteiger partial charge in [-0.1, -0.05) is 17.7 Å². The molecule has 2 aromatic heterocycles. The quantitative estimate of drug-likeness (QED) is 0.440. The summed E-state index contributed by atoms with van der Waals surface area (Å²) >= 11 is 6.08. The van der Waals surface area contributed by atoms with Crippen molar-refractivity contribution in [2.24, 2.45) is 0 Å². The summed E-state index contributed by atoms with van der Waals surface area (Å²) < 4.78 is 7.55. The molecule has 4 rings (SSSR count). The molecule has 2 N–H and O–H groups in total. The van der Waals surface area contributed by atoms with E-state index in [0.29, 0.717) is 33.8 Å². The van der Waals surface area contributed by atoms with E-state index in [2.05, 4.69) is 25.8 Å². The summed E-state index contributed by atoms with van der Waals surface area (Å²) in [5.74, 6) is 2.40. The molecule has 0 fully saturated rings. The van der Waals surface area contributed by atoms with Gasteiger partial charge in [-0.2, -0.15) is 0 Å². The summed E-state index contributed by atoms with van der Waals surface area (Å²) in [6.07, 6.45) is 3.52. The summed E-state index contributed by atoms with van der Waals surface area (Å²) in [5.41, 5.74) is 2.17. The van der Waals surface area contributed by atoms with Crippen molar-refractivity contribution in [3.8, 4) is 17.4 Å². The first-order chi connectivity index (χ1) is 15.0. The molecule has 2 amide bonds. The molecule has 2 heterocycles. The molecule has 0 saturated heterocycles. The van der Waals surface area contributed by atoms with E-state index in [4.69, 9.17) is 16.3 Å². The predicted octanol–water partition coefficient (Wildman–Crippen LogP) is 5.37. The van der Waals surface area contributed by atoms with Crippen LogP contribution in [0.1, 0.15) is 11.4 Å². The van der Waals surface area contributed by atoms with Crippen LogP contribution in [0.4, 0.5) is 16.2 Å². The molecule has 0 aliphatic carbocycles. The SMILES string of the molecule is Cc1ccc(NC(=O)Nc2ccc(Oc3ccc(-n4ccnc4C)nn3)cc2)cc1Cl. The van der Waals surface area contributed by atoms with Crippen LogP contribution in [-0.2, 0) is 0 Å². The van der Waals surface area contributed by atoms with E-state index in [1.807, 2.05) is 30.7 Å². The van der Waals surface area contributed by atoms with Crippen molar-refractivity contribution in [2.45, 2.75) is 13.8 Å². The van der Waals surface area contributed by atoms with E-state index in [0.717, 1.165) is 11.4 Å². The van der Waals surface area contributed by atoms with Gasteiger partial charge in [-0.15, -0.1) is 10.2 Å². The van der Waals surface area contributed by atoms with E-state index >= 15 is 0 Å². The van der Waals surface area contributed by atoms with Crippen LogP contribution in [-0.4, -0.2) is 25.8 Å². The topological polar surface area (TPSA) is 94.0 Å². The van der Waals surface area contributed by atoms with E-state index < -0.39 is 0 Å². The van der Waals surface area contributed by atoms with Crippen molar-refractivity contribution in [1.29, 1.82) is 0 Å². The number of carbonyl (C=O) groups excluding carboxylic acids is 1. The number of benzene rings is 2. The Morgan fingerprint density at radius 3 is 2.35 bits per heavy atom. The highest BCUT2D eigenvalue weighted by molar-refractivity contribution is 6.31. The van der Waals surface area contributed by atoms with Crippen LogP contribution in [0.2, 0.25) is 5.02 Å². The largest absolute Gasteiger partial charge is 0.438 e. The van der Waals surface area contributed by atoms with Crippen LogP contribution < -0.4 is 15.4 Å². The number of nitrogens with one attached hydrogen (secondary N) is 2. The zero-order valence-corrected chi connectivity index (χ0v) is 17.6. The number of nitrogens with zero attached hydrogens (tertiary/aromatic N) is 4. The maximum absolute atomic E-state index is 12.2. The van der Waals surface area contributed by atoms with Gasteiger partial charge in [0.05, 0.1) is 0 Å². The Morgan fingerprint density at radius 1 is 0.968 bits per heavy atom. The van der Waals surface area contributed by atoms with Gasteiger partial charge in [0, 0.05) is 34.9 Å². The highest BCUT2D eigenvalue weighted by Crippen LogP contribution is 2.23. The van der Waals surface area contributed by atoms with E-state index in [1.54, 1.807) is 54.7 Å². The summed E-state index contributed by atoms with van der Waals surface area (Å²) in [4.78, 5) is 16.4. The number of hydrogen-bond donors (Lipinski definition) is 2. The molecule has 0 radical (unpaired) electrons. The zero-order valence-electron chi connectivity index (χ0n) is 16.8. The van der Waals surface area contributed by atoms with Gasteiger partial charge >= 0.3 is 6.03 Å². The maximum atomic E-state index is 12.2. The fourth-order valence-electron chi connectivity index (χ4n) is 2.81. The number of aryl methyl sites for hydroxylation is 2. The lowest BCUT2D eigenvalue weighted by atomic mass is 10.2. The molecular formula is C22H19ClN6O2. The third-order valence-corrected chi connectivity index (χ3v) is 4.87. The van der Waals surface area contributed by atoms with Crippen LogP contribution in [0.5, 0.6) is 11.6 Å². The third-order valence-electron chi connectivity index (χ3n) is 4.46. The van der Waals surface area contributed by atoms with Crippen molar-refractivity contribution < 1.29 is 9.53 Å². The standard InChI is InChI=1S/C22H19ClN6O2/c1-14-3-4-17(13-19(14)23)26-22(30)25-16-5-7-18(8-6-16)31-21-10-9-20(27-28-21)29-12-11-24-15(29)2/h3-13H,1-2H3,(H2,25,26,30). The van der Waals surface area contributed by atoms with Gasteiger partial charge in [0.25, 0.3) is 0 Å². The Bertz CT molecular complexity index is 1210. The highest BCUT2D eigenvalue weighted by atomic mass is 35.5. The number of imidazole rings is 1. The molecule has 156 valence electrons. The highest BCUT2D eigenvalue weighted by Gasteiger charge is 2.07. The summed E-state index contributed by atoms with van der Waals surface area (Å²) in [5, 5.41) is 14.3. The van der Waals surface area contributed by atoms with Gasteiger partial charge in [-0.3, -0.25) is 4.57 Å². The third kappa shape index (κ3) is 4.99. The number of halogens is 1. The molecule has 0 spiro atoms. The van der Waals surface area contributed by atoms with Crippen molar-refractivity contribution in [3.05, 3.63) is 83.4 Å². The van der Waals surface area contributed by atoms with Gasteiger partial charge in [0.2, 0.25) is 5.88 Å². The lowest BCUT2D eigenvalue weighted by molar-refractivity contribution is 0.262. The molecule has 2 aromatic carbocycles. The second kappa shape index (κ2) is 8.85. The average molecular weight is 435 g/mol. The minimum absolute atomic E-state index is 0.358. The number of ether oxygens (including phenoxy) is 1. The Labute approximate surface area is 183 Å². The first-order valence-corrected chi connectivity index (χ1v) is 9.82. The van der Waals surface area contributed by atoms with E-state index in [-0.39, 0.29) is 6.03 Å². The second-order valence-electron chi connectivity index (χ2n) is 6.74. The molecule has 0 unspecified atom stereocenters. The van der Waals surface area contributed by atoms with Gasteiger partial charge in [-0.25, -0.2) is 9.78 Å². The first-order valence-electron chi connectivity index (χ1n) is 9.44. The zero-order chi connectivity index (χ0) is 21.8. The molecule has 9 heteroatoms. The first kappa shape index (κ1) is 20.4. The van der Waals surface area contributed by atoms with Crippen LogP contribution in [0.25, 0.3) is 5.82 Å². The van der Waals surface area contributed by atoms with Gasteiger partial charge < -0.3 is 15.4 Å². The fraction of sp³-hybridized carbons (Fsp3) is 0.0909. The second-order valence-corrected chi connectivity index (χ2v) is 7.15. The molecule has 8 nitrogen and oxygen atoms in total. The van der Waals surface area contributed by atoms with Crippen LogP contribution in [0, 0.1) is 13.8 Å². The Kier molecular flexibility index (Phi) is 5.81. The lowest BCUT2D eigenvalue weighted by Gasteiger charge is -2.10. The van der Waals surface area contributed by atoms with Crippen LogP contribution in [0.15, 0.2) is 67.0 Å². The molecule has 4 aromatic rings. The number of aromatic nitrogens is 4.